The van der Waals surface area contributed by atoms with Gasteiger partial charge in [0.1, 0.15) is 11.4 Å². The Morgan fingerprint density at radius 1 is 1.19 bits per heavy atom. The van der Waals surface area contributed by atoms with Gasteiger partial charge in [-0.1, -0.05) is 0 Å². The number of hydrogen-bond acceptors (Lipinski definition) is 3. The number of benzene rings is 1. The van der Waals surface area contributed by atoms with E-state index in [1.807, 2.05) is 34.6 Å². The van der Waals surface area contributed by atoms with Crippen molar-refractivity contribution in [3.8, 4) is 5.75 Å². The van der Waals surface area contributed by atoms with Crippen LogP contribution in [0.5, 0.6) is 5.75 Å². The number of hydrogen-bond donors (Lipinski definition) is 0. The van der Waals surface area contributed by atoms with Crippen LogP contribution in [-0.4, -0.2) is 10.5 Å². The van der Waals surface area contributed by atoms with Crippen LogP contribution in [-0.2, 0) is 0 Å². The first kappa shape index (κ1) is 12.5. The number of nitrogens with zero attached hydrogens (tertiary/aromatic N) is 1. The molecule has 0 aromatic heterocycles. The summed E-state index contributed by atoms with van der Waals surface area (Å²) in [5.74, 6) is 0.734. The lowest BCUT2D eigenvalue weighted by molar-refractivity contribution is -0.385. The quantitative estimate of drug-likeness (QED) is 0.570. The molecule has 16 heavy (non-hydrogen) atoms. The molecule has 88 valence electrons. The van der Waals surface area contributed by atoms with Crippen molar-refractivity contribution in [1.82, 2.24) is 0 Å². The molecule has 0 atom stereocenters. The van der Waals surface area contributed by atoms with E-state index in [0.29, 0.717) is 0 Å². The highest BCUT2D eigenvalue weighted by Crippen LogP contribution is 2.30. The average Bonchev–Trinajstić information content (AvgIpc) is 2.09. The molecule has 0 aliphatic rings. The Hall–Kier alpha value is -1.58. The van der Waals surface area contributed by atoms with E-state index in [0.717, 1.165) is 16.9 Å². The van der Waals surface area contributed by atoms with E-state index in [1.54, 1.807) is 0 Å². The molecule has 0 fully saturated rings. The highest BCUT2D eigenvalue weighted by Gasteiger charge is 2.18. The second-order valence-electron chi connectivity index (χ2n) is 4.88. The molecule has 0 heterocycles. The second kappa shape index (κ2) is 4.12. The van der Waals surface area contributed by atoms with E-state index in [1.165, 1.54) is 12.1 Å². The van der Waals surface area contributed by atoms with Gasteiger partial charge in [0.2, 0.25) is 0 Å². The molecule has 0 aliphatic carbocycles. The minimum Gasteiger partial charge on any atom is -0.488 e. The Labute approximate surface area is 95.4 Å². The van der Waals surface area contributed by atoms with E-state index < -0.39 is 0 Å². The molecule has 1 aromatic rings. The Morgan fingerprint density at radius 2 is 1.62 bits per heavy atom. The standard InChI is InChI=1S/C12H17NO3/c1-8-6-10(13(14)15)7-9(2)11(8)16-12(3,4)5/h6-7H,1-5H3. The predicted molar refractivity (Wildman–Crippen MR) is 63.0 cm³/mol. The molecule has 1 rings (SSSR count). The predicted octanol–water partition coefficient (Wildman–Crippen LogP) is 3.39. The first-order valence-electron chi connectivity index (χ1n) is 5.15. The summed E-state index contributed by atoms with van der Waals surface area (Å²) in [5.41, 5.74) is 1.39. The summed E-state index contributed by atoms with van der Waals surface area (Å²) in [4.78, 5) is 10.3. The fourth-order valence-electron chi connectivity index (χ4n) is 1.50. The number of non-ortho nitro benzene ring substituents is 1. The molecule has 4 nitrogen and oxygen atoms in total. The number of ether oxygens (including phenoxy) is 1. The molecule has 4 heteroatoms. The topological polar surface area (TPSA) is 52.4 Å². The molecule has 1 aromatic carbocycles. The number of nitro benzene ring substituents is 1. The van der Waals surface area contributed by atoms with Crippen molar-refractivity contribution >= 4 is 5.69 Å². The highest BCUT2D eigenvalue weighted by atomic mass is 16.6. The molecule has 0 aliphatic heterocycles. The molecule has 0 radical (unpaired) electrons. The van der Waals surface area contributed by atoms with E-state index in [9.17, 15) is 10.1 Å². The van der Waals surface area contributed by atoms with Gasteiger partial charge >= 0.3 is 0 Å². The Kier molecular flexibility index (Phi) is 3.21. The van der Waals surface area contributed by atoms with Gasteiger partial charge in [-0.05, 0) is 45.7 Å². The summed E-state index contributed by atoms with van der Waals surface area (Å²) >= 11 is 0. The third-order valence-corrected chi connectivity index (χ3v) is 2.06. The Balaban J connectivity index is 3.18. The lowest BCUT2D eigenvalue weighted by Crippen LogP contribution is -2.24. The van der Waals surface area contributed by atoms with Gasteiger partial charge in [0.05, 0.1) is 4.92 Å². The van der Waals surface area contributed by atoms with Gasteiger partial charge in [-0.2, -0.15) is 0 Å². The zero-order valence-corrected chi connectivity index (χ0v) is 10.3. The van der Waals surface area contributed by atoms with Crippen LogP contribution in [0.3, 0.4) is 0 Å². The normalized spacial score (nSPS) is 11.3. The van der Waals surface area contributed by atoms with Crippen LogP contribution in [0.25, 0.3) is 0 Å². The van der Waals surface area contributed by atoms with Crippen LogP contribution >= 0.6 is 0 Å². The van der Waals surface area contributed by atoms with Crippen molar-refractivity contribution in [2.24, 2.45) is 0 Å². The van der Waals surface area contributed by atoms with Crippen molar-refractivity contribution in [3.05, 3.63) is 33.4 Å². The van der Waals surface area contributed by atoms with E-state index >= 15 is 0 Å². The maximum absolute atomic E-state index is 10.7. The van der Waals surface area contributed by atoms with Gasteiger partial charge in [-0.15, -0.1) is 0 Å². The van der Waals surface area contributed by atoms with Crippen LogP contribution in [0.1, 0.15) is 31.9 Å². The largest absolute Gasteiger partial charge is 0.488 e. The number of aryl methyl sites for hydroxylation is 2. The SMILES string of the molecule is Cc1cc([N+](=O)[O-])cc(C)c1OC(C)(C)C. The zero-order chi connectivity index (χ0) is 12.5. The molecule has 0 bridgehead atoms. The van der Waals surface area contributed by atoms with Gasteiger partial charge in [-0.25, -0.2) is 0 Å². The highest BCUT2D eigenvalue weighted by molar-refractivity contribution is 5.49. The first-order valence-corrected chi connectivity index (χ1v) is 5.15. The number of nitro groups is 1. The molecular weight excluding hydrogens is 206 g/mol. The summed E-state index contributed by atoms with van der Waals surface area (Å²) in [6, 6.07) is 3.07. The third-order valence-electron chi connectivity index (χ3n) is 2.06. The number of rotatable bonds is 2. The zero-order valence-electron chi connectivity index (χ0n) is 10.3. The average molecular weight is 223 g/mol. The summed E-state index contributed by atoms with van der Waals surface area (Å²) in [7, 11) is 0. The lowest BCUT2D eigenvalue weighted by atomic mass is 10.1. The molecule has 0 spiro atoms. The van der Waals surface area contributed by atoms with Gasteiger partial charge in [0.15, 0.2) is 0 Å². The summed E-state index contributed by atoms with van der Waals surface area (Å²) < 4.78 is 5.78. The van der Waals surface area contributed by atoms with Crippen molar-refractivity contribution in [2.75, 3.05) is 0 Å². The summed E-state index contributed by atoms with van der Waals surface area (Å²) in [6.45, 7) is 9.50. The summed E-state index contributed by atoms with van der Waals surface area (Å²) in [6.07, 6.45) is 0. The molecule has 0 unspecified atom stereocenters. The van der Waals surface area contributed by atoms with Crippen molar-refractivity contribution in [3.63, 3.8) is 0 Å². The van der Waals surface area contributed by atoms with Gasteiger partial charge in [-0.3, -0.25) is 10.1 Å². The van der Waals surface area contributed by atoms with Gasteiger partial charge in [0, 0.05) is 12.1 Å². The van der Waals surface area contributed by atoms with E-state index in [4.69, 9.17) is 4.74 Å². The lowest BCUT2D eigenvalue weighted by Gasteiger charge is -2.23. The van der Waals surface area contributed by atoms with E-state index in [-0.39, 0.29) is 16.2 Å². The smallest absolute Gasteiger partial charge is 0.270 e. The summed E-state index contributed by atoms with van der Waals surface area (Å²) in [5, 5.41) is 10.7. The molecule has 0 amide bonds. The monoisotopic (exact) mass is 223 g/mol. The van der Waals surface area contributed by atoms with E-state index in [2.05, 4.69) is 0 Å². The maximum Gasteiger partial charge on any atom is 0.270 e. The van der Waals surface area contributed by atoms with Crippen LogP contribution in [0, 0.1) is 24.0 Å². The molecular formula is C12H17NO3. The molecule has 0 saturated heterocycles. The Morgan fingerprint density at radius 3 is 1.94 bits per heavy atom. The Bertz CT molecular complexity index is 396. The minimum absolute atomic E-state index is 0.108. The first-order chi connectivity index (χ1) is 7.20. The third kappa shape index (κ3) is 2.95. The van der Waals surface area contributed by atoms with Crippen molar-refractivity contribution in [1.29, 1.82) is 0 Å². The van der Waals surface area contributed by atoms with Gasteiger partial charge in [0.25, 0.3) is 5.69 Å². The van der Waals surface area contributed by atoms with Crippen molar-refractivity contribution in [2.45, 2.75) is 40.2 Å². The van der Waals surface area contributed by atoms with Crippen LogP contribution in [0.15, 0.2) is 12.1 Å². The van der Waals surface area contributed by atoms with Crippen LogP contribution in [0.4, 0.5) is 5.69 Å². The second-order valence-corrected chi connectivity index (χ2v) is 4.88. The fourth-order valence-corrected chi connectivity index (χ4v) is 1.50. The van der Waals surface area contributed by atoms with Crippen LogP contribution < -0.4 is 4.74 Å². The van der Waals surface area contributed by atoms with Crippen molar-refractivity contribution < 1.29 is 9.66 Å². The van der Waals surface area contributed by atoms with Gasteiger partial charge < -0.3 is 4.74 Å². The fraction of sp³-hybridized carbons (Fsp3) is 0.500. The minimum atomic E-state index is -0.388. The molecule has 0 N–H and O–H groups in total. The molecule has 0 saturated carbocycles. The van der Waals surface area contributed by atoms with Crippen LogP contribution in [0.2, 0.25) is 0 Å². The maximum atomic E-state index is 10.7.